The van der Waals surface area contributed by atoms with E-state index in [0.29, 0.717) is 17.9 Å². The molecule has 0 spiro atoms. The van der Waals surface area contributed by atoms with Crippen molar-refractivity contribution in [2.24, 2.45) is 0 Å². The van der Waals surface area contributed by atoms with Gasteiger partial charge in [0, 0.05) is 24.1 Å². The Balaban J connectivity index is 2.18. The molecule has 0 aliphatic heterocycles. The van der Waals surface area contributed by atoms with Gasteiger partial charge in [0.1, 0.15) is 11.4 Å². The first-order valence-corrected chi connectivity index (χ1v) is 5.98. The standard InChI is InChI=1S/C13H14ClFO2/c1-17-13(6-3-7-13)12(16)8-9-10(14)4-2-5-11(9)15/h2,4-5H,3,6-8H2,1H3. The topological polar surface area (TPSA) is 26.3 Å². The third-order valence-corrected chi connectivity index (χ3v) is 3.81. The predicted octanol–water partition coefficient (Wildman–Crippen LogP) is 3.16. The van der Waals surface area contributed by atoms with Gasteiger partial charge in [0.15, 0.2) is 5.78 Å². The highest BCUT2D eigenvalue weighted by Crippen LogP contribution is 2.37. The highest BCUT2D eigenvalue weighted by Gasteiger charge is 2.44. The van der Waals surface area contributed by atoms with Gasteiger partial charge in [-0.05, 0) is 31.4 Å². The number of benzene rings is 1. The number of hydrogen-bond donors (Lipinski definition) is 0. The quantitative estimate of drug-likeness (QED) is 0.827. The molecule has 2 nitrogen and oxygen atoms in total. The third kappa shape index (κ3) is 2.22. The van der Waals surface area contributed by atoms with Crippen LogP contribution in [0.15, 0.2) is 18.2 Å². The van der Waals surface area contributed by atoms with E-state index >= 15 is 0 Å². The van der Waals surface area contributed by atoms with Crippen molar-refractivity contribution in [3.8, 4) is 0 Å². The molecular weight excluding hydrogens is 243 g/mol. The Morgan fingerprint density at radius 3 is 2.71 bits per heavy atom. The maximum Gasteiger partial charge on any atom is 0.169 e. The van der Waals surface area contributed by atoms with Crippen molar-refractivity contribution in [3.63, 3.8) is 0 Å². The second-order valence-electron chi connectivity index (χ2n) is 4.35. The third-order valence-electron chi connectivity index (χ3n) is 3.46. The highest BCUT2D eigenvalue weighted by molar-refractivity contribution is 6.31. The summed E-state index contributed by atoms with van der Waals surface area (Å²) >= 11 is 5.90. The van der Waals surface area contributed by atoms with Crippen molar-refractivity contribution in [1.29, 1.82) is 0 Å². The summed E-state index contributed by atoms with van der Waals surface area (Å²) in [7, 11) is 1.53. The molecule has 4 heteroatoms. The lowest BCUT2D eigenvalue weighted by molar-refractivity contribution is -0.151. The van der Waals surface area contributed by atoms with Crippen LogP contribution in [0.2, 0.25) is 5.02 Å². The zero-order chi connectivity index (χ0) is 12.5. The van der Waals surface area contributed by atoms with Crippen LogP contribution in [0, 0.1) is 5.82 Å². The summed E-state index contributed by atoms with van der Waals surface area (Å²) in [4.78, 5) is 12.1. The summed E-state index contributed by atoms with van der Waals surface area (Å²) in [6, 6.07) is 4.43. The van der Waals surface area contributed by atoms with Crippen molar-refractivity contribution in [2.45, 2.75) is 31.3 Å². The fourth-order valence-electron chi connectivity index (χ4n) is 2.12. The molecule has 1 aromatic rings. The second-order valence-corrected chi connectivity index (χ2v) is 4.76. The number of carbonyl (C=O) groups excluding carboxylic acids is 1. The number of carbonyl (C=O) groups is 1. The Morgan fingerprint density at radius 1 is 1.53 bits per heavy atom. The van der Waals surface area contributed by atoms with Gasteiger partial charge in [0.05, 0.1) is 0 Å². The highest BCUT2D eigenvalue weighted by atomic mass is 35.5. The lowest BCUT2D eigenvalue weighted by atomic mass is 9.75. The molecule has 1 aliphatic carbocycles. The SMILES string of the molecule is COC1(C(=O)Cc2c(F)cccc2Cl)CCC1. The Kier molecular flexibility index (Phi) is 3.50. The average molecular weight is 257 g/mol. The number of ketones is 1. The summed E-state index contributed by atoms with van der Waals surface area (Å²) in [6.45, 7) is 0. The van der Waals surface area contributed by atoms with Crippen LogP contribution < -0.4 is 0 Å². The van der Waals surface area contributed by atoms with Crippen molar-refractivity contribution < 1.29 is 13.9 Å². The predicted molar refractivity (Wildman–Crippen MR) is 63.7 cm³/mol. The van der Waals surface area contributed by atoms with Gasteiger partial charge in [-0.1, -0.05) is 17.7 Å². The number of Topliss-reactive ketones (excluding diaryl/α,β-unsaturated/α-hetero) is 1. The first kappa shape index (κ1) is 12.5. The Hall–Kier alpha value is -0.930. The van der Waals surface area contributed by atoms with Gasteiger partial charge in [0.25, 0.3) is 0 Å². The maximum atomic E-state index is 13.5. The van der Waals surface area contributed by atoms with Crippen molar-refractivity contribution in [1.82, 2.24) is 0 Å². The first-order valence-electron chi connectivity index (χ1n) is 5.60. The molecule has 2 rings (SSSR count). The molecule has 0 N–H and O–H groups in total. The zero-order valence-electron chi connectivity index (χ0n) is 9.63. The molecule has 92 valence electrons. The van der Waals surface area contributed by atoms with E-state index in [2.05, 4.69) is 0 Å². The van der Waals surface area contributed by atoms with Gasteiger partial charge < -0.3 is 4.74 Å². The number of rotatable bonds is 4. The van der Waals surface area contributed by atoms with Gasteiger partial charge in [-0.2, -0.15) is 0 Å². The molecular formula is C13H14ClFO2. The van der Waals surface area contributed by atoms with Crippen LogP contribution in [0.1, 0.15) is 24.8 Å². The fraction of sp³-hybridized carbons (Fsp3) is 0.462. The van der Waals surface area contributed by atoms with Gasteiger partial charge in [-0.25, -0.2) is 4.39 Å². The Labute approximate surface area is 105 Å². The molecule has 0 aromatic heterocycles. The molecule has 0 amide bonds. The number of hydrogen-bond acceptors (Lipinski definition) is 2. The normalized spacial score (nSPS) is 17.6. The van der Waals surface area contributed by atoms with Crippen LogP contribution in [0.5, 0.6) is 0 Å². The smallest absolute Gasteiger partial charge is 0.169 e. The van der Waals surface area contributed by atoms with E-state index in [1.54, 1.807) is 6.07 Å². The largest absolute Gasteiger partial charge is 0.370 e. The summed E-state index contributed by atoms with van der Waals surface area (Å²) in [5.74, 6) is -0.519. The van der Waals surface area contributed by atoms with E-state index < -0.39 is 11.4 Å². The minimum Gasteiger partial charge on any atom is -0.370 e. The number of methoxy groups -OCH3 is 1. The molecule has 0 unspecified atom stereocenters. The van der Waals surface area contributed by atoms with Crippen LogP contribution in [0.3, 0.4) is 0 Å². The van der Waals surface area contributed by atoms with Gasteiger partial charge in [-0.3, -0.25) is 4.79 Å². The van der Waals surface area contributed by atoms with Crippen LogP contribution in [0.4, 0.5) is 4.39 Å². The van der Waals surface area contributed by atoms with Gasteiger partial charge >= 0.3 is 0 Å². The number of halogens is 2. The molecule has 0 heterocycles. The number of ether oxygens (including phenoxy) is 1. The van der Waals surface area contributed by atoms with E-state index in [0.717, 1.165) is 6.42 Å². The monoisotopic (exact) mass is 256 g/mol. The summed E-state index contributed by atoms with van der Waals surface area (Å²) in [6.07, 6.45) is 2.41. The molecule has 1 aromatic carbocycles. The Bertz CT molecular complexity index is 415. The minimum absolute atomic E-state index is 0.000648. The van der Waals surface area contributed by atoms with Crippen molar-refractivity contribution >= 4 is 17.4 Å². The van der Waals surface area contributed by atoms with E-state index in [-0.39, 0.29) is 17.8 Å². The van der Waals surface area contributed by atoms with Crippen LogP contribution in [0.25, 0.3) is 0 Å². The van der Waals surface area contributed by atoms with E-state index in [1.165, 1.54) is 19.2 Å². The van der Waals surface area contributed by atoms with Gasteiger partial charge in [-0.15, -0.1) is 0 Å². The molecule has 1 aliphatic rings. The second kappa shape index (κ2) is 4.75. The van der Waals surface area contributed by atoms with E-state index in [1.807, 2.05) is 0 Å². The zero-order valence-corrected chi connectivity index (χ0v) is 10.4. The van der Waals surface area contributed by atoms with Crippen LogP contribution >= 0.6 is 11.6 Å². The lowest BCUT2D eigenvalue weighted by Gasteiger charge is -2.38. The maximum absolute atomic E-state index is 13.5. The van der Waals surface area contributed by atoms with E-state index in [4.69, 9.17) is 16.3 Å². The molecule has 0 saturated heterocycles. The lowest BCUT2D eigenvalue weighted by Crippen LogP contribution is -2.47. The van der Waals surface area contributed by atoms with Crippen LogP contribution in [-0.4, -0.2) is 18.5 Å². The summed E-state index contributed by atoms with van der Waals surface area (Å²) in [5, 5.41) is 0.295. The van der Waals surface area contributed by atoms with Crippen LogP contribution in [-0.2, 0) is 16.0 Å². The summed E-state index contributed by atoms with van der Waals surface area (Å²) in [5.41, 5.74) is -0.437. The minimum atomic E-state index is -0.703. The fourth-order valence-corrected chi connectivity index (χ4v) is 2.35. The summed E-state index contributed by atoms with van der Waals surface area (Å²) < 4.78 is 18.8. The van der Waals surface area contributed by atoms with Gasteiger partial charge in [0.2, 0.25) is 0 Å². The van der Waals surface area contributed by atoms with Crippen molar-refractivity contribution in [2.75, 3.05) is 7.11 Å². The first-order chi connectivity index (χ1) is 8.09. The molecule has 1 fully saturated rings. The molecule has 0 atom stereocenters. The average Bonchev–Trinajstić information content (AvgIpc) is 2.23. The molecule has 0 bridgehead atoms. The molecule has 1 saturated carbocycles. The van der Waals surface area contributed by atoms with E-state index in [9.17, 15) is 9.18 Å². The Morgan fingerprint density at radius 2 is 2.24 bits per heavy atom. The molecule has 0 radical (unpaired) electrons. The van der Waals surface area contributed by atoms with Crippen molar-refractivity contribution in [3.05, 3.63) is 34.6 Å². The molecule has 17 heavy (non-hydrogen) atoms.